The summed E-state index contributed by atoms with van der Waals surface area (Å²) in [6.07, 6.45) is 7.66. The molecule has 0 saturated carbocycles. The third-order valence-electron chi connectivity index (χ3n) is 4.47. The fraction of sp³-hybridized carbons (Fsp3) is 0.938. The number of piperidine rings is 1. The predicted molar refractivity (Wildman–Crippen MR) is 79.1 cm³/mol. The van der Waals surface area contributed by atoms with Crippen LogP contribution in [0, 0.1) is 0 Å². The SMILES string of the molecule is CC1(C)CC(N2CCCCCCC2=O)CC(C)(C)N1. The fourth-order valence-electron chi connectivity index (χ4n) is 4.06. The number of hydrogen-bond donors (Lipinski definition) is 1. The molecule has 1 amide bonds. The summed E-state index contributed by atoms with van der Waals surface area (Å²) in [4.78, 5) is 14.6. The van der Waals surface area contributed by atoms with Gasteiger partial charge in [0.15, 0.2) is 0 Å². The second-order valence-corrected chi connectivity index (χ2v) is 7.71. The first-order valence-corrected chi connectivity index (χ1v) is 7.88. The van der Waals surface area contributed by atoms with E-state index in [0.29, 0.717) is 11.9 Å². The van der Waals surface area contributed by atoms with E-state index in [4.69, 9.17) is 0 Å². The molecule has 2 saturated heterocycles. The summed E-state index contributed by atoms with van der Waals surface area (Å²) in [5.74, 6) is 0.387. The smallest absolute Gasteiger partial charge is 0.222 e. The van der Waals surface area contributed by atoms with Crippen LogP contribution in [0.25, 0.3) is 0 Å². The second kappa shape index (κ2) is 5.43. The zero-order valence-corrected chi connectivity index (χ0v) is 13.1. The Labute approximate surface area is 118 Å². The minimum Gasteiger partial charge on any atom is -0.340 e. The molecule has 2 aliphatic heterocycles. The van der Waals surface area contributed by atoms with Crippen LogP contribution in [0.15, 0.2) is 0 Å². The van der Waals surface area contributed by atoms with Crippen molar-refractivity contribution in [2.75, 3.05) is 6.54 Å². The van der Waals surface area contributed by atoms with E-state index in [1.54, 1.807) is 0 Å². The van der Waals surface area contributed by atoms with Gasteiger partial charge in [-0.05, 0) is 53.4 Å². The molecule has 0 aromatic heterocycles. The molecule has 110 valence electrons. The maximum Gasteiger partial charge on any atom is 0.222 e. The van der Waals surface area contributed by atoms with Gasteiger partial charge in [0.25, 0.3) is 0 Å². The van der Waals surface area contributed by atoms with Crippen molar-refractivity contribution in [3.05, 3.63) is 0 Å². The van der Waals surface area contributed by atoms with E-state index in [1.165, 1.54) is 19.3 Å². The van der Waals surface area contributed by atoms with Crippen LogP contribution < -0.4 is 5.32 Å². The van der Waals surface area contributed by atoms with Gasteiger partial charge in [0, 0.05) is 30.1 Å². The molecule has 0 radical (unpaired) electrons. The van der Waals surface area contributed by atoms with Crippen molar-refractivity contribution in [2.24, 2.45) is 0 Å². The number of carbonyl (C=O) groups is 1. The van der Waals surface area contributed by atoms with E-state index < -0.39 is 0 Å². The maximum atomic E-state index is 12.4. The topological polar surface area (TPSA) is 32.3 Å². The van der Waals surface area contributed by atoms with Gasteiger partial charge in [-0.3, -0.25) is 4.79 Å². The first-order chi connectivity index (χ1) is 8.79. The monoisotopic (exact) mass is 266 g/mol. The van der Waals surface area contributed by atoms with E-state index in [0.717, 1.165) is 32.2 Å². The number of rotatable bonds is 1. The Morgan fingerprint density at radius 2 is 1.58 bits per heavy atom. The summed E-state index contributed by atoms with van der Waals surface area (Å²) >= 11 is 0. The van der Waals surface area contributed by atoms with Crippen LogP contribution >= 0.6 is 0 Å². The van der Waals surface area contributed by atoms with Gasteiger partial charge in [0.2, 0.25) is 5.91 Å². The third kappa shape index (κ3) is 3.95. The number of amides is 1. The molecule has 0 atom stereocenters. The van der Waals surface area contributed by atoms with Crippen LogP contribution in [0.4, 0.5) is 0 Å². The molecule has 2 heterocycles. The molecule has 1 N–H and O–H groups in total. The average molecular weight is 266 g/mol. The molecule has 0 bridgehead atoms. The molecule has 0 aromatic rings. The first-order valence-electron chi connectivity index (χ1n) is 7.88. The number of likely N-dealkylation sites (tertiary alicyclic amines) is 1. The highest BCUT2D eigenvalue weighted by molar-refractivity contribution is 5.76. The highest BCUT2D eigenvalue weighted by Gasteiger charge is 2.40. The minimum atomic E-state index is 0.120. The van der Waals surface area contributed by atoms with Crippen molar-refractivity contribution in [2.45, 2.75) is 89.8 Å². The van der Waals surface area contributed by atoms with Crippen molar-refractivity contribution in [1.82, 2.24) is 10.2 Å². The molecular weight excluding hydrogens is 236 g/mol. The third-order valence-corrected chi connectivity index (χ3v) is 4.47. The van der Waals surface area contributed by atoms with Gasteiger partial charge in [-0.15, -0.1) is 0 Å². The number of carbonyl (C=O) groups excluding carboxylic acids is 1. The van der Waals surface area contributed by atoms with E-state index >= 15 is 0 Å². The van der Waals surface area contributed by atoms with Crippen molar-refractivity contribution >= 4 is 5.91 Å². The Bertz CT molecular complexity index is 320. The molecule has 2 fully saturated rings. The summed E-state index contributed by atoms with van der Waals surface area (Å²) < 4.78 is 0. The zero-order chi connectivity index (χ0) is 14.1. The Hall–Kier alpha value is -0.570. The Morgan fingerprint density at radius 1 is 1.00 bits per heavy atom. The van der Waals surface area contributed by atoms with Crippen molar-refractivity contribution in [3.63, 3.8) is 0 Å². The highest BCUT2D eigenvalue weighted by Crippen LogP contribution is 2.32. The van der Waals surface area contributed by atoms with Crippen LogP contribution in [-0.2, 0) is 4.79 Å². The largest absolute Gasteiger partial charge is 0.340 e. The molecule has 0 unspecified atom stereocenters. The molecule has 3 heteroatoms. The summed E-state index contributed by atoms with van der Waals surface area (Å²) in [5.41, 5.74) is 0.240. The molecule has 3 nitrogen and oxygen atoms in total. The van der Waals surface area contributed by atoms with Gasteiger partial charge in [-0.1, -0.05) is 12.8 Å². The Morgan fingerprint density at radius 3 is 2.21 bits per heavy atom. The summed E-state index contributed by atoms with van der Waals surface area (Å²) in [5, 5.41) is 3.71. The normalized spacial score (nSPS) is 28.8. The van der Waals surface area contributed by atoms with Crippen LogP contribution in [0.3, 0.4) is 0 Å². The zero-order valence-electron chi connectivity index (χ0n) is 13.1. The molecule has 19 heavy (non-hydrogen) atoms. The lowest BCUT2D eigenvalue weighted by Gasteiger charge is -2.50. The molecule has 0 aliphatic carbocycles. The molecule has 0 spiro atoms. The lowest BCUT2D eigenvalue weighted by atomic mass is 9.78. The molecule has 2 aliphatic rings. The van der Waals surface area contributed by atoms with Gasteiger partial charge in [0.1, 0.15) is 0 Å². The molecule has 0 aromatic carbocycles. The van der Waals surface area contributed by atoms with E-state index in [-0.39, 0.29) is 11.1 Å². The van der Waals surface area contributed by atoms with Crippen molar-refractivity contribution in [3.8, 4) is 0 Å². The quantitative estimate of drug-likeness (QED) is 0.791. The first kappa shape index (κ1) is 14.8. The van der Waals surface area contributed by atoms with Gasteiger partial charge in [0.05, 0.1) is 0 Å². The van der Waals surface area contributed by atoms with Gasteiger partial charge in [-0.2, -0.15) is 0 Å². The predicted octanol–water partition coefficient (Wildman–Crippen LogP) is 3.09. The number of hydrogen-bond acceptors (Lipinski definition) is 2. The van der Waals surface area contributed by atoms with E-state index in [1.807, 2.05) is 0 Å². The lowest BCUT2D eigenvalue weighted by Crippen LogP contribution is -2.63. The van der Waals surface area contributed by atoms with Gasteiger partial charge >= 0.3 is 0 Å². The van der Waals surface area contributed by atoms with E-state index in [9.17, 15) is 4.79 Å². The van der Waals surface area contributed by atoms with Crippen molar-refractivity contribution in [1.29, 1.82) is 0 Å². The highest BCUT2D eigenvalue weighted by atomic mass is 16.2. The Balaban J connectivity index is 2.11. The molecular formula is C16H30N2O. The summed E-state index contributed by atoms with van der Waals surface area (Å²) in [6.45, 7) is 10.0. The fourth-order valence-corrected chi connectivity index (χ4v) is 4.06. The number of nitrogens with zero attached hydrogens (tertiary/aromatic N) is 1. The van der Waals surface area contributed by atoms with Crippen LogP contribution in [0.2, 0.25) is 0 Å². The van der Waals surface area contributed by atoms with Crippen molar-refractivity contribution < 1.29 is 4.79 Å². The van der Waals surface area contributed by atoms with Gasteiger partial charge in [-0.25, -0.2) is 0 Å². The minimum absolute atomic E-state index is 0.120. The van der Waals surface area contributed by atoms with Gasteiger partial charge < -0.3 is 10.2 Å². The lowest BCUT2D eigenvalue weighted by molar-refractivity contribution is -0.136. The van der Waals surface area contributed by atoms with Crippen LogP contribution in [0.5, 0.6) is 0 Å². The maximum absolute atomic E-state index is 12.4. The Kier molecular flexibility index (Phi) is 4.24. The summed E-state index contributed by atoms with van der Waals surface area (Å²) in [7, 11) is 0. The molecule has 2 rings (SSSR count). The van der Waals surface area contributed by atoms with Crippen LogP contribution in [0.1, 0.15) is 72.6 Å². The second-order valence-electron chi connectivity index (χ2n) is 7.71. The average Bonchev–Trinajstić information content (AvgIpc) is 2.19. The summed E-state index contributed by atoms with van der Waals surface area (Å²) in [6, 6.07) is 0.414. The number of nitrogens with one attached hydrogen (secondary N) is 1. The standard InChI is InChI=1S/C16H30N2O/c1-15(2)11-13(12-16(3,4)17-15)18-10-8-6-5-7-9-14(18)19/h13,17H,5-12H2,1-4H3. The van der Waals surface area contributed by atoms with E-state index in [2.05, 4.69) is 37.9 Å². The van der Waals surface area contributed by atoms with Crippen LogP contribution in [-0.4, -0.2) is 34.5 Å².